The van der Waals surface area contributed by atoms with E-state index in [1.54, 1.807) is 20.2 Å². The monoisotopic (exact) mass is 401 g/mol. The summed E-state index contributed by atoms with van der Waals surface area (Å²) in [6.07, 6.45) is 1.41. The van der Waals surface area contributed by atoms with E-state index in [1.807, 2.05) is 30.3 Å². The molecule has 1 heterocycles. The van der Waals surface area contributed by atoms with Crippen LogP contribution in [0.15, 0.2) is 47.2 Å². The Morgan fingerprint density at radius 3 is 2.64 bits per heavy atom. The number of nitrogens with one attached hydrogen (secondary N) is 1. The highest BCUT2D eigenvalue weighted by Crippen LogP contribution is 2.27. The van der Waals surface area contributed by atoms with E-state index in [4.69, 9.17) is 0 Å². The summed E-state index contributed by atoms with van der Waals surface area (Å²) in [7, 11) is 3.33. The van der Waals surface area contributed by atoms with Crippen LogP contribution in [0, 0.1) is 0 Å². The van der Waals surface area contributed by atoms with Gasteiger partial charge in [0.05, 0.1) is 0 Å². The minimum atomic E-state index is -0.311. The number of rotatable bonds is 4. The van der Waals surface area contributed by atoms with Crippen LogP contribution in [-0.4, -0.2) is 45.6 Å². The predicted molar refractivity (Wildman–Crippen MR) is 98.3 cm³/mol. The quantitative estimate of drug-likeness (QED) is 0.728. The first-order valence-electron chi connectivity index (χ1n) is 7.54. The van der Waals surface area contributed by atoms with E-state index in [-0.39, 0.29) is 24.3 Å². The molecule has 0 spiro atoms. The third-order valence-electron chi connectivity index (χ3n) is 3.66. The fourth-order valence-electron chi connectivity index (χ4n) is 2.36. The van der Waals surface area contributed by atoms with E-state index in [9.17, 15) is 9.59 Å². The number of nitrogens with zero attached hydrogens (tertiary/aromatic N) is 4. The maximum Gasteiger partial charge on any atom is 0.258 e. The summed E-state index contributed by atoms with van der Waals surface area (Å²) in [5.74, 6) is -0.268. The lowest BCUT2D eigenvalue weighted by Crippen LogP contribution is -2.26. The second-order valence-corrected chi connectivity index (χ2v) is 6.51. The highest BCUT2D eigenvalue weighted by Gasteiger charge is 2.15. The fraction of sp³-hybridized carbons (Fsp3) is 0.176. The van der Waals surface area contributed by atoms with Crippen molar-refractivity contribution in [2.45, 2.75) is 6.54 Å². The van der Waals surface area contributed by atoms with Crippen LogP contribution >= 0.6 is 15.9 Å². The van der Waals surface area contributed by atoms with Crippen LogP contribution in [0.5, 0.6) is 0 Å². The Bertz CT molecular complexity index is 946. The van der Waals surface area contributed by atoms with E-state index in [0.29, 0.717) is 5.56 Å². The molecule has 8 heteroatoms. The summed E-state index contributed by atoms with van der Waals surface area (Å²) >= 11 is 3.49. The lowest BCUT2D eigenvalue weighted by atomic mass is 10.0. The second kappa shape index (κ2) is 7.02. The molecule has 7 nitrogen and oxygen atoms in total. The molecule has 0 saturated heterocycles. The Morgan fingerprint density at radius 2 is 1.92 bits per heavy atom. The number of benzene rings is 2. The predicted octanol–water partition coefficient (Wildman–Crippen LogP) is 2.53. The highest BCUT2D eigenvalue weighted by molar-refractivity contribution is 9.10. The van der Waals surface area contributed by atoms with Gasteiger partial charge in [0, 0.05) is 29.5 Å². The topological polar surface area (TPSA) is 80.1 Å². The van der Waals surface area contributed by atoms with Crippen LogP contribution in [0.4, 0.5) is 5.95 Å². The fourth-order valence-corrected chi connectivity index (χ4v) is 2.96. The molecule has 3 rings (SSSR count). The van der Waals surface area contributed by atoms with Crippen molar-refractivity contribution in [3.05, 3.63) is 52.8 Å². The van der Waals surface area contributed by atoms with E-state index >= 15 is 0 Å². The number of hydrogen-bond donors (Lipinski definition) is 1. The van der Waals surface area contributed by atoms with Crippen molar-refractivity contribution in [3.63, 3.8) is 0 Å². The molecule has 0 bridgehead atoms. The van der Waals surface area contributed by atoms with Crippen LogP contribution in [0.3, 0.4) is 0 Å². The lowest BCUT2D eigenvalue weighted by molar-refractivity contribution is -0.129. The van der Waals surface area contributed by atoms with E-state index in [1.165, 1.54) is 15.9 Å². The van der Waals surface area contributed by atoms with Crippen LogP contribution in [-0.2, 0) is 11.3 Å². The lowest BCUT2D eigenvalue weighted by Gasteiger charge is -2.09. The molecule has 0 saturated carbocycles. The molecule has 0 aliphatic heterocycles. The third-order valence-corrected chi connectivity index (χ3v) is 4.32. The number of aromatic nitrogens is 3. The molecule has 3 aromatic rings. The molecule has 2 amide bonds. The van der Waals surface area contributed by atoms with Gasteiger partial charge in [-0.15, -0.1) is 5.10 Å². The SMILES string of the molecule is CN(C)C(=O)Cn1cnc(NC(=O)c2cccc3cccc(Br)c23)n1. The third kappa shape index (κ3) is 3.69. The van der Waals surface area contributed by atoms with Gasteiger partial charge in [-0.25, -0.2) is 9.67 Å². The first-order valence-corrected chi connectivity index (χ1v) is 8.33. The summed E-state index contributed by atoms with van der Waals surface area (Å²) in [5, 5.41) is 8.57. The summed E-state index contributed by atoms with van der Waals surface area (Å²) < 4.78 is 2.22. The van der Waals surface area contributed by atoms with E-state index < -0.39 is 0 Å². The highest BCUT2D eigenvalue weighted by atomic mass is 79.9. The molecule has 128 valence electrons. The molecular weight excluding hydrogens is 386 g/mol. The standard InChI is InChI=1S/C17H16BrN5O2/c1-22(2)14(24)9-23-10-19-17(21-23)20-16(25)12-7-3-5-11-6-4-8-13(18)15(11)12/h3-8,10H,9H2,1-2H3,(H,20,21,25). The zero-order chi connectivity index (χ0) is 18.0. The van der Waals surface area contributed by atoms with Crippen LogP contribution < -0.4 is 5.32 Å². The number of fused-ring (bicyclic) bond motifs is 1. The summed E-state index contributed by atoms with van der Waals surface area (Å²) in [5.41, 5.74) is 0.519. The minimum absolute atomic E-state index is 0.0652. The van der Waals surface area contributed by atoms with Crippen molar-refractivity contribution < 1.29 is 9.59 Å². The Kier molecular flexibility index (Phi) is 4.80. The Balaban J connectivity index is 1.82. The average molecular weight is 402 g/mol. The first-order chi connectivity index (χ1) is 12.0. The maximum atomic E-state index is 12.6. The molecule has 1 aromatic heterocycles. The number of halogens is 1. The molecule has 0 aliphatic rings. The van der Waals surface area contributed by atoms with Gasteiger partial charge in [-0.2, -0.15) is 0 Å². The largest absolute Gasteiger partial charge is 0.347 e. The van der Waals surface area contributed by atoms with Gasteiger partial charge in [0.25, 0.3) is 5.91 Å². The summed E-state index contributed by atoms with van der Waals surface area (Å²) in [6, 6.07) is 11.3. The summed E-state index contributed by atoms with van der Waals surface area (Å²) in [6.45, 7) is 0.0652. The smallest absolute Gasteiger partial charge is 0.258 e. The molecule has 0 unspecified atom stereocenters. The van der Waals surface area contributed by atoms with Crippen molar-refractivity contribution >= 4 is 44.5 Å². The van der Waals surface area contributed by atoms with Gasteiger partial charge in [-0.3, -0.25) is 14.9 Å². The van der Waals surface area contributed by atoms with Gasteiger partial charge in [0.2, 0.25) is 11.9 Å². The number of carbonyl (C=O) groups excluding carboxylic acids is 2. The van der Waals surface area contributed by atoms with Crippen LogP contribution in [0.2, 0.25) is 0 Å². The molecule has 0 aliphatic carbocycles. The Morgan fingerprint density at radius 1 is 1.20 bits per heavy atom. The molecule has 0 fully saturated rings. The molecule has 25 heavy (non-hydrogen) atoms. The number of amides is 2. The molecular formula is C17H16BrN5O2. The molecule has 0 radical (unpaired) electrons. The minimum Gasteiger partial charge on any atom is -0.347 e. The van der Waals surface area contributed by atoms with Gasteiger partial charge in [-0.1, -0.05) is 40.2 Å². The summed E-state index contributed by atoms with van der Waals surface area (Å²) in [4.78, 5) is 29.8. The number of likely N-dealkylation sites (N-methyl/N-ethyl adjacent to an activating group) is 1. The van der Waals surface area contributed by atoms with Crippen molar-refractivity contribution in [1.29, 1.82) is 0 Å². The van der Waals surface area contributed by atoms with Crippen LogP contribution in [0.25, 0.3) is 10.8 Å². The Hall–Kier alpha value is -2.74. The maximum absolute atomic E-state index is 12.6. The molecule has 2 aromatic carbocycles. The van der Waals surface area contributed by atoms with Crippen molar-refractivity contribution in [1.82, 2.24) is 19.7 Å². The Labute approximate surface area is 152 Å². The zero-order valence-corrected chi connectivity index (χ0v) is 15.3. The zero-order valence-electron chi connectivity index (χ0n) is 13.7. The van der Waals surface area contributed by atoms with Gasteiger partial charge in [-0.05, 0) is 17.5 Å². The molecule has 0 atom stereocenters. The average Bonchev–Trinajstić information content (AvgIpc) is 3.01. The van der Waals surface area contributed by atoms with Gasteiger partial charge in [0.1, 0.15) is 12.9 Å². The van der Waals surface area contributed by atoms with E-state index in [2.05, 4.69) is 31.3 Å². The van der Waals surface area contributed by atoms with Crippen molar-refractivity contribution in [2.24, 2.45) is 0 Å². The first kappa shape index (κ1) is 17.1. The van der Waals surface area contributed by atoms with Gasteiger partial charge < -0.3 is 4.90 Å². The second-order valence-electron chi connectivity index (χ2n) is 5.65. The van der Waals surface area contributed by atoms with Gasteiger partial charge in [0.15, 0.2) is 0 Å². The van der Waals surface area contributed by atoms with E-state index in [0.717, 1.165) is 15.2 Å². The number of carbonyl (C=O) groups is 2. The molecule has 1 N–H and O–H groups in total. The van der Waals surface area contributed by atoms with Crippen LogP contribution in [0.1, 0.15) is 10.4 Å². The number of anilines is 1. The number of hydrogen-bond acceptors (Lipinski definition) is 4. The normalized spacial score (nSPS) is 10.7. The van der Waals surface area contributed by atoms with Crippen molar-refractivity contribution in [2.75, 3.05) is 19.4 Å². The van der Waals surface area contributed by atoms with Crippen molar-refractivity contribution in [3.8, 4) is 0 Å². The van der Waals surface area contributed by atoms with Gasteiger partial charge >= 0.3 is 0 Å².